The van der Waals surface area contributed by atoms with E-state index in [1.54, 1.807) is 0 Å². The lowest BCUT2D eigenvalue weighted by molar-refractivity contribution is -0.159. The largest absolute Gasteiger partial charge is 0.473 e. The number of carboxylic acid groups (broad SMARTS) is 2. The molecule has 0 bridgehead atoms. The van der Waals surface area contributed by atoms with Crippen LogP contribution in [0.25, 0.3) is 0 Å². The van der Waals surface area contributed by atoms with Crippen molar-refractivity contribution >= 4 is 23.7 Å². The molecule has 0 aliphatic carbocycles. The summed E-state index contributed by atoms with van der Waals surface area (Å²) in [4.78, 5) is 23.8. The lowest BCUT2D eigenvalue weighted by Crippen LogP contribution is -2.09. The quantitative estimate of drug-likeness (QED) is 0.665. The maximum atomic E-state index is 9.10. The van der Waals surface area contributed by atoms with E-state index in [-0.39, 0.29) is 0 Å². The van der Waals surface area contributed by atoms with Crippen molar-refractivity contribution in [3.05, 3.63) is 59.9 Å². The SMILES string of the molecule is Cc1ccc(SCCc2ccccn2)cc1.O=C(O)C(=O)O. The van der Waals surface area contributed by atoms with Crippen molar-refractivity contribution in [2.24, 2.45) is 0 Å². The Hall–Kier alpha value is -2.34. The van der Waals surface area contributed by atoms with Gasteiger partial charge in [0.1, 0.15) is 0 Å². The van der Waals surface area contributed by atoms with Gasteiger partial charge in [0.15, 0.2) is 0 Å². The van der Waals surface area contributed by atoms with Gasteiger partial charge in [-0.25, -0.2) is 9.59 Å². The number of thioether (sulfide) groups is 1. The molecule has 0 radical (unpaired) electrons. The van der Waals surface area contributed by atoms with E-state index in [0.717, 1.165) is 12.2 Å². The molecule has 116 valence electrons. The van der Waals surface area contributed by atoms with E-state index in [2.05, 4.69) is 42.2 Å². The van der Waals surface area contributed by atoms with Crippen molar-refractivity contribution in [2.75, 3.05) is 5.75 Å². The predicted molar refractivity (Wildman–Crippen MR) is 85.1 cm³/mol. The second-order valence-electron chi connectivity index (χ2n) is 4.34. The van der Waals surface area contributed by atoms with Crippen molar-refractivity contribution in [2.45, 2.75) is 18.2 Å². The molecule has 1 aromatic carbocycles. The number of carbonyl (C=O) groups is 2. The average Bonchev–Trinajstić information content (AvgIpc) is 2.51. The van der Waals surface area contributed by atoms with E-state index in [0.29, 0.717) is 0 Å². The van der Waals surface area contributed by atoms with Gasteiger partial charge >= 0.3 is 11.9 Å². The number of nitrogens with zero attached hydrogens (tertiary/aromatic N) is 1. The number of carboxylic acids is 2. The van der Waals surface area contributed by atoms with Gasteiger partial charge in [0.05, 0.1) is 0 Å². The van der Waals surface area contributed by atoms with E-state index in [9.17, 15) is 0 Å². The zero-order valence-electron chi connectivity index (χ0n) is 12.1. The summed E-state index contributed by atoms with van der Waals surface area (Å²) in [5.74, 6) is -2.56. The first-order valence-electron chi connectivity index (χ1n) is 6.54. The van der Waals surface area contributed by atoms with Crippen LogP contribution in [0.2, 0.25) is 0 Å². The van der Waals surface area contributed by atoms with Gasteiger partial charge in [0.2, 0.25) is 0 Å². The Bertz CT molecular complexity index is 587. The van der Waals surface area contributed by atoms with Gasteiger partial charge in [-0.1, -0.05) is 23.8 Å². The number of rotatable bonds is 4. The van der Waals surface area contributed by atoms with E-state index in [1.807, 2.05) is 30.1 Å². The maximum absolute atomic E-state index is 9.10. The van der Waals surface area contributed by atoms with Crippen LogP contribution in [-0.2, 0) is 16.0 Å². The average molecular weight is 319 g/mol. The Morgan fingerprint density at radius 2 is 1.68 bits per heavy atom. The smallest absolute Gasteiger partial charge is 0.414 e. The zero-order valence-corrected chi connectivity index (χ0v) is 12.9. The summed E-state index contributed by atoms with van der Waals surface area (Å²) in [6, 6.07) is 14.7. The van der Waals surface area contributed by atoms with Crippen molar-refractivity contribution in [3.63, 3.8) is 0 Å². The standard InChI is InChI=1S/C14H15NS.C2H2O4/c1-12-5-7-14(8-6-12)16-11-9-13-4-2-3-10-15-13;3-1(4)2(5)6/h2-8,10H,9,11H2,1H3;(H,3,4)(H,5,6). The molecule has 0 unspecified atom stereocenters. The Labute approximate surface area is 133 Å². The third kappa shape index (κ3) is 7.44. The van der Waals surface area contributed by atoms with Gasteiger partial charge in [0.25, 0.3) is 0 Å². The number of pyridine rings is 1. The first kappa shape index (κ1) is 17.7. The van der Waals surface area contributed by atoms with E-state index in [1.165, 1.54) is 16.2 Å². The number of benzene rings is 1. The fraction of sp³-hybridized carbons (Fsp3) is 0.188. The van der Waals surface area contributed by atoms with Gasteiger partial charge in [-0.2, -0.15) is 0 Å². The third-order valence-electron chi connectivity index (χ3n) is 2.56. The second-order valence-corrected chi connectivity index (χ2v) is 5.51. The lowest BCUT2D eigenvalue weighted by Gasteiger charge is -2.02. The third-order valence-corrected chi connectivity index (χ3v) is 3.57. The minimum Gasteiger partial charge on any atom is -0.473 e. The Balaban J connectivity index is 0.000000346. The highest BCUT2D eigenvalue weighted by atomic mass is 32.2. The van der Waals surface area contributed by atoms with Crippen LogP contribution in [0, 0.1) is 6.92 Å². The minimum absolute atomic E-state index is 1.03. The molecular formula is C16H17NO4S. The fourth-order valence-corrected chi connectivity index (χ4v) is 2.33. The number of aliphatic carboxylic acids is 2. The van der Waals surface area contributed by atoms with Crippen LogP contribution in [0.3, 0.4) is 0 Å². The first-order chi connectivity index (χ1) is 10.5. The van der Waals surface area contributed by atoms with Crippen LogP contribution in [0.5, 0.6) is 0 Å². The van der Waals surface area contributed by atoms with Crippen molar-refractivity contribution in [1.29, 1.82) is 0 Å². The molecule has 0 atom stereocenters. The molecule has 22 heavy (non-hydrogen) atoms. The Kier molecular flexibility index (Phi) is 7.70. The highest BCUT2D eigenvalue weighted by molar-refractivity contribution is 7.99. The van der Waals surface area contributed by atoms with Crippen LogP contribution in [0.4, 0.5) is 0 Å². The second kappa shape index (κ2) is 9.57. The molecule has 1 heterocycles. The summed E-state index contributed by atoms with van der Waals surface area (Å²) in [5.41, 5.74) is 2.48. The molecule has 2 N–H and O–H groups in total. The van der Waals surface area contributed by atoms with Gasteiger partial charge in [-0.15, -0.1) is 11.8 Å². The van der Waals surface area contributed by atoms with E-state index in [4.69, 9.17) is 19.8 Å². The summed E-state index contributed by atoms with van der Waals surface area (Å²) in [7, 11) is 0. The van der Waals surface area contributed by atoms with Crippen LogP contribution in [0.15, 0.2) is 53.6 Å². The monoisotopic (exact) mass is 319 g/mol. The molecule has 0 amide bonds. The number of hydrogen-bond acceptors (Lipinski definition) is 4. The molecule has 1 aromatic heterocycles. The van der Waals surface area contributed by atoms with Gasteiger partial charge in [0, 0.05) is 22.5 Å². The van der Waals surface area contributed by atoms with Crippen LogP contribution >= 0.6 is 11.8 Å². The summed E-state index contributed by atoms with van der Waals surface area (Å²) in [6.45, 7) is 2.11. The highest BCUT2D eigenvalue weighted by Crippen LogP contribution is 2.19. The molecule has 0 aliphatic heterocycles. The molecule has 2 rings (SSSR count). The number of hydrogen-bond donors (Lipinski definition) is 2. The fourth-order valence-electron chi connectivity index (χ4n) is 1.45. The molecule has 2 aromatic rings. The normalized spacial score (nSPS) is 9.50. The maximum Gasteiger partial charge on any atom is 0.414 e. The lowest BCUT2D eigenvalue weighted by atomic mass is 10.2. The summed E-state index contributed by atoms with van der Waals surface area (Å²) >= 11 is 1.88. The number of aryl methyl sites for hydroxylation is 2. The molecule has 0 aliphatic rings. The van der Waals surface area contributed by atoms with Gasteiger partial charge in [-0.05, 0) is 37.6 Å². The molecule has 5 nitrogen and oxygen atoms in total. The number of aromatic nitrogens is 1. The topological polar surface area (TPSA) is 87.5 Å². The van der Waals surface area contributed by atoms with Crippen LogP contribution < -0.4 is 0 Å². The predicted octanol–water partition coefficient (Wildman–Crippen LogP) is 2.88. The Morgan fingerprint density at radius 3 is 2.18 bits per heavy atom. The molecule has 0 spiro atoms. The van der Waals surface area contributed by atoms with E-state index < -0.39 is 11.9 Å². The molecule has 0 saturated carbocycles. The molecule has 6 heteroatoms. The van der Waals surface area contributed by atoms with E-state index >= 15 is 0 Å². The summed E-state index contributed by atoms with van der Waals surface area (Å²) in [5, 5.41) is 14.8. The van der Waals surface area contributed by atoms with Crippen LogP contribution in [-0.4, -0.2) is 32.9 Å². The van der Waals surface area contributed by atoms with Crippen LogP contribution in [0.1, 0.15) is 11.3 Å². The first-order valence-corrected chi connectivity index (χ1v) is 7.53. The van der Waals surface area contributed by atoms with Crippen molar-refractivity contribution in [1.82, 2.24) is 4.98 Å². The summed E-state index contributed by atoms with van der Waals surface area (Å²) < 4.78 is 0. The van der Waals surface area contributed by atoms with Crippen molar-refractivity contribution < 1.29 is 19.8 Å². The zero-order chi connectivity index (χ0) is 16.4. The van der Waals surface area contributed by atoms with Gasteiger partial charge in [-0.3, -0.25) is 4.98 Å². The molecule has 0 fully saturated rings. The Morgan fingerprint density at radius 1 is 1.05 bits per heavy atom. The highest BCUT2D eigenvalue weighted by Gasteiger charge is 2.04. The minimum atomic E-state index is -1.82. The van der Waals surface area contributed by atoms with Gasteiger partial charge < -0.3 is 10.2 Å². The molecular weight excluding hydrogens is 302 g/mol. The molecule has 0 saturated heterocycles. The summed E-state index contributed by atoms with van der Waals surface area (Å²) in [6.07, 6.45) is 2.88. The van der Waals surface area contributed by atoms with Crippen molar-refractivity contribution in [3.8, 4) is 0 Å².